The average Bonchev–Trinajstić information content (AvgIpc) is 2.94. The monoisotopic (exact) mass is 485 g/mol. The Kier molecular flexibility index (Phi) is 7.64. The summed E-state index contributed by atoms with van der Waals surface area (Å²) in [5.74, 6) is 3.19. The molecule has 5 rings (SSSR count). The van der Waals surface area contributed by atoms with Crippen molar-refractivity contribution in [3.8, 4) is 5.75 Å². The maximum absolute atomic E-state index is 13.4. The summed E-state index contributed by atoms with van der Waals surface area (Å²) in [6.07, 6.45) is 6.96. The van der Waals surface area contributed by atoms with Crippen molar-refractivity contribution in [2.75, 3.05) is 43.5 Å². The molecule has 3 aromatic rings. The Hall–Kier alpha value is -3.61. The number of nitrogens with zero attached hydrogens (tertiary/aromatic N) is 4. The van der Waals surface area contributed by atoms with Crippen LogP contribution in [-0.2, 0) is 11.2 Å². The van der Waals surface area contributed by atoms with Gasteiger partial charge in [-0.25, -0.2) is 4.98 Å². The Morgan fingerprint density at radius 1 is 1.00 bits per heavy atom. The van der Waals surface area contributed by atoms with Crippen molar-refractivity contribution in [3.05, 3.63) is 72.4 Å². The number of ether oxygens (including phenoxy) is 1. The van der Waals surface area contributed by atoms with E-state index in [-0.39, 0.29) is 5.92 Å². The maximum Gasteiger partial charge on any atom is 0.227 e. The predicted molar refractivity (Wildman–Crippen MR) is 143 cm³/mol. The smallest absolute Gasteiger partial charge is 0.227 e. The highest BCUT2D eigenvalue weighted by Gasteiger charge is 2.32. The molecule has 1 N–H and O–H groups in total. The lowest BCUT2D eigenvalue weighted by molar-refractivity contribution is -0.137. The van der Waals surface area contributed by atoms with Crippen LogP contribution in [-0.4, -0.2) is 54.1 Å². The molecule has 2 fully saturated rings. The predicted octanol–water partition coefficient (Wildman–Crippen LogP) is 4.93. The zero-order chi connectivity index (χ0) is 24.7. The number of aromatic nitrogens is 2. The van der Waals surface area contributed by atoms with Crippen LogP contribution >= 0.6 is 0 Å². The summed E-state index contributed by atoms with van der Waals surface area (Å²) in [5, 5.41) is 3.33. The number of likely N-dealkylation sites (tertiary alicyclic amines) is 1. The number of anilines is 3. The zero-order valence-corrected chi connectivity index (χ0v) is 21.0. The zero-order valence-electron chi connectivity index (χ0n) is 21.0. The van der Waals surface area contributed by atoms with E-state index in [4.69, 9.17) is 9.72 Å². The minimum Gasteiger partial charge on any atom is -0.497 e. The van der Waals surface area contributed by atoms with Crippen molar-refractivity contribution in [3.63, 3.8) is 0 Å². The summed E-state index contributed by atoms with van der Waals surface area (Å²) in [5.41, 5.74) is 2.33. The van der Waals surface area contributed by atoms with Crippen molar-refractivity contribution < 1.29 is 9.53 Å². The number of hydrogen-bond acceptors (Lipinski definition) is 6. The number of nitrogens with one attached hydrogen (secondary N) is 1. The van der Waals surface area contributed by atoms with Crippen molar-refractivity contribution in [2.24, 2.45) is 11.8 Å². The molecule has 2 saturated heterocycles. The van der Waals surface area contributed by atoms with Gasteiger partial charge in [-0.2, -0.15) is 4.98 Å². The topological polar surface area (TPSA) is 70.6 Å². The normalized spacial score (nSPS) is 18.6. The van der Waals surface area contributed by atoms with Crippen molar-refractivity contribution in [2.45, 2.75) is 32.1 Å². The Morgan fingerprint density at radius 2 is 1.78 bits per heavy atom. The first-order chi connectivity index (χ1) is 17.7. The molecule has 2 aromatic carbocycles. The van der Waals surface area contributed by atoms with E-state index in [1.807, 2.05) is 30.3 Å². The summed E-state index contributed by atoms with van der Waals surface area (Å²) < 4.78 is 5.23. The summed E-state index contributed by atoms with van der Waals surface area (Å²) in [7, 11) is 1.66. The SMILES string of the molecule is COc1ccc(Nc2ccnc(N3CCCC(C(=O)N4CCC(Cc5ccccc5)CC4)C3)n2)cc1. The van der Waals surface area contributed by atoms with Gasteiger partial charge in [0.2, 0.25) is 11.9 Å². The third-order valence-electron chi connectivity index (χ3n) is 7.35. The second-order valence-electron chi connectivity index (χ2n) is 9.84. The highest BCUT2D eigenvalue weighted by molar-refractivity contribution is 5.79. The van der Waals surface area contributed by atoms with E-state index in [2.05, 4.69) is 50.4 Å². The lowest BCUT2D eigenvalue weighted by Crippen LogP contribution is -2.47. The van der Waals surface area contributed by atoms with Crippen LogP contribution in [0.3, 0.4) is 0 Å². The molecule has 0 saturated carbocycles. The molecule has 0 aliphatic carbocycles. The molecule has 0 radical (unpaired) electrons. The molecule has 1 atom stereocenters. The van der Waals surface area contributed by atoms with Crippen LogP contribution in [0, 0.1) is 11.8 Å². The van der Waals surface area contributed by atoms with Gasteiger partial charge in [-0.3, -0.25) is 4.79 Å². The fourth-order valence-electron chi connectivity index (χ4n) is 5.32. The Bertz CT molecular complexity index is 1130. The molecule has 188 valence electrons. The lowest BCUT2D eigenvalue weighted by atomic mass is 9.89. The van der Waals surface area contributed by atoms with Gasteiger partial charge in [0.05, 0.1) is 13.0 Å². The number of piperidine rings is 2. The Balaban J connectivity index is 1.16. The highest BCUT2D eigenvalue weighted by Crippen LogP contribution is 2.27. The van der Waals surface area contributed by atoms with Crippen LogP contribution in [0.4, 0.5) is 17.5 Å². The van der Waals surface area contributed by atoms with Crippen LogP contribution in [0.25, 0.3) is 0 Å². The molecule has 2 aliphatic heterocycles. The van der Waals surface area contributed by atoms with Crippen LogP contribution in [0.15, 0.2) is 66.9 Å². The molecule has 2 aliphatic rings. The molecular weight excluding hydrogens is 450 g/mol. The van der Waals surface area contributed by atoms with E-state index < -0.39 is 0 Å². The first-order valence-electron chi connectivity index (χ1n) is 13.0. The fourth-order valence-corrected chi connectivity index (χ4v) is 5.32. The number of hydrogen-bond donors (Lipinski definition) is 1. The summed E-state index contributed by atoms with van der Waals surface area (Å²) in [4.78, 5) is 26.9. The van der Waals surface area contributed by atoms with Gasteiger partial charge >= 0.3 is 0 Å². The minimum absolute atomic E-state index is 0.00577. The van der Waals surface area contributed by atoms with E-state index >= 15 is 0 Å². The van der Waals surface area contributed by atoms with Gasteiger partial charge in [0.15, 0.2) is 0 Å². The Labute approximate surface area is 213 Å². The molecule has 36 heavy (non-hydrogen) atoms. The van der Waals surface area contributed by atoms with Crippen LogP contribution in [0.1, 0.15) is 31.2 Å². The molecule has 1 unspecified atom stereocenters. The van der Waals surface area contributed by atoms with E-state index in [1.54, 1.807) is 13.3 Å². The summed E-state index contributed by atoms with van der Waals surface area (Å²) >= 11 is 0. The highest BCUT2D eigenvalue weighted by atomic mass is 16.5. The summed E-state index contributed by atoms with van der Waals surface area (Å²) in [6.45, 7) is 3.28. The molecular formula is C29H35N5O2. The van der Waals surface area contributed by atoms with Gasteiger partial charge in [-0.15, -0.1) is 0 Å². The first kappa shape index (κ1) is 24.1. The number of carbonyl (C=O) groups is 1. The minimum atomic E-state index is 0.00577. The molecule has 3 heterocycles. The molecule has 0 bridgehead atoms. The van der Waals surface area contributed by atoms with Crippen LogP contribution in [0.2, 0.25) is 0 Å². The van der Waals surface area contributed by atoms with Gasteiger partial charge < -0.3 is 19.9 Å². The molecule has 1 aromatic heterocycles. The van der Waals surface area contributed by atoms with Crippen molar-refractivity contribution >= 4 is 23.4 Å². The number of methoxy groups -OCH3 is 1. The second kappa shape index (κ2) is 11.4. The van der Waals surface area contributed by atoms with E-state index in [0.717, 1.165) is 69.0 Å². The molecule has 1 amide bonds. The van der Waals surface area contributed by atoms with Gasteiger partial charge in [0.25, 0.3) is 0 Å². The maximum atomic E-state index is 13.4. The van der Waals surface area contributed by atoms with E-state index in [9.17, 15) is 4.79 Å². The third kappa shape index (κ3) is 5.96. The lowest BCUT2D eigenvalue weighted by Gasteiger charge is -2.38. The first-order valence-corrected chi connectivity index (χ1v) is 13.0. The van der Waals surface area contributed by atoms with Crippen molar-refractivity contribution in [1.82, 2.24) is 14.9 Å². The Morgan fingerprint density at radius 3 is 2.53 bits per heavy atom. The average molecular weight is 486 g/mol. The van der Waals surface area contributed by atoms with Crippen LogP contribution in [0.5, 0.6) is 5.75 Å². The van der Waals surface area contributed by atoms with Gasteiger partial charge in [-0.05, 0) is 73.9 Å². The van der Waals surface area contributed by atoms with Crippen LogP contribution < -0.4 is 15.0 Å². The molecule has 7 heteroatoms. The van der Waals surface area contributed by atoms with E-state index in [1.165, 1.54) is 5.56 Å². The second-order valence-corrected chi connectivity index (χ2v) is 9.84. The standard InChI is InChI=1S/C29H35N5O2/c1-36-26-11-9-25(10-12-26)31-27-13-16-30-29(32-27)34-17-5-8-24(21-34)28(35)33-18-14-23(15-19-33)20-22-6-3-2-4-7-22/h2-4,6-7,9-13,16,23-24H,5,8,14-15,17-21H2,1H3,(H,30,31,32). The van der Waals surface area contributed by atoms with E-state index in [0.29, 0.717) is 24.3 Å². The van der Waals surface area contributed by atoms with Gasteiger partial charge in [0.1, 0.15) is 11.6 Å². The number of rotatable bonds is 7. The third-order valence-corrected chi connectivity index (χ3v) is 7.35. The quantitative estimate of drug-likeness (QED) is 0.512. The number of amides is 1. The van der Waals surface area contributed by atoms with Gasteiger partial charge in [-0.1, -0.05) is 30.3 Å². The molecule has 7 nitrogen and oxygen atoms in total. The fraction of sp³-hybridized carbons (Fsp3) is 0.414. The molecule has 0 spiro atoms. The summed E-state index contributed by atoms with van der Waals surface area (Å²) in [6, 6.07) is 20.3. The number of carbonyl (C=O) groups excluding carboxylic acids is 1. The number of benzene rings is 2. The van der Waals surface area contributed by atoms with Crippen molar-refractivity contribution in [1.29, 1.82) is 0 Å². The van der Waals surface area contributed by atoms with Gasteiger partial charge in [0, 0.05) is 38.1 Å². The largest absolute Gasteiger partial charge is 0.497 e.